The van der Waals surface area contributed by atoms with E-state index in [1.807, 2.05) is 14.1 Å². The summed E-state index contributed by atoms with van der Waals surface area (Å²) in [6.07, 6.45) is 1.59. The number of urea groups is 1. The Morgan fingerprint density at radius 2 is 1.83 bits per heavy atom. The minimum absolute atomic E-state index is 0.253. The normalized spacial score (nSPS) is 9.70. The number of nitrogens with zero attached hydrogens (tertiary/aromatic N) is 2. The molecule has 6 nitrogen and oxygen atoms in total. The van der Waals surface area contributed by atoms with E-state index in [9.17, 15) is 4.79 Å². The van der Waals surface area contributed by atoms with E-state index in [0.29, 0.717) is 20.8 Å². The highest BCUT2D eigenvalue weighted by Gasteiger charge is 2.07. The molecule has 0 saturated carbocycles. The van der Waals surface area contributed by atoms with Gasteiger partial charge in [-0.2, -0.15) is 4.99 Å². The van der Waals surface area contributed by atoms with Crippen LogP contribution in [0, 0.1) is 0 Å². The number of hydrogen-bond donors (Lipinski definition) is 2. The van der Waals surface area contributed by atoms with Crippen molar-refractivity contribution in [2.45, 2.75) is 0 Å². The number of carbonyl (C=O) groups excluding carboxylic acids is 1. The molecule has 0 heterocycles. The summed E-state index contributed by atoms with van der Waals surface area (Å²) in [6.45, 7) is 0. The SMILES string of the molecule is CNC(=O)Nc1cc(Cl)c(Cl)cc1Cl.COC(=S)N=CN(C)C. The second-order valence-electron chi connectivity index (χ2n) is 4.13. The van der Waals surface area contributed by atoms with Gasteiger partial charge in [-0.05, 0) is 24.4 Å². The Balaban J connectivity index is 0.000000468. The zero-order valence-corrected chi connectivity index (χ0v) is 16.1. The number of hydrogen-bond acceptors (Lipinski definition) is 3. The third kappa shape index (κ3) is 9.45. The molecule has 1 aromatic rings. The first-order valence-corrected chi connectivity index (χ1v) is 7.67. The molecule has 23 heavy (non-hydrogen) atoms. The number of ether oxygens (including phenoxy) is 1. The maximum Gasteiger partial charge on any atom is 0.319 e. The van der Waals surface area contributed by atoms with Crippen LogP contribution in [0.3, 0.4) is 0 Å². The molecule has 2 amide bonds. The highest BCUT2D eigenvalue weighted by molar-refractivity contribution is 7.80. The predicted molar refractivity (Wildman–Crippen MR) is 101 cm³/mol. The lowest BCUT2D eigenvalue weighted by molar-refractivity contribution is 0.254. The second kappa shape index (κ2) is 11.3. The molecular weight excluding hydrogens is 383 g/mol. The molecule has 0 aliphatic rings. The summed E-state index contributed by atoms with van der Waals surface area (Å²) in [5.41, 5.74) is 0.417. The summed E-state index contributed by atoms with van der Waals surface area (Å²) in [6, 6.07) is 2.59. The van der Waals surface area contributed by atoms with E-state index in [1.165, 1.54) is 26.3 Å². The Labute approximate surface area is 155 Å². The molecule has 1 aromatic carbocycles. The number of carbonyl (C=O) groups is 1. The number of benzene rings is 1. The smallest absolute Gasteiger partial charge is 0.319 e. The Hall–Kier alpha value is -1.28. The number of methoxy groups -OCH3 is 1. The first-order chi connectivity index (χ1) is 10.7. The first-order valence-electron chi connectivity index (χ1n) is 6.13. The number of anilines is 1. The average Bonchev–Trinajstić information content (AvgIpc) is 2.50. The Morgan fingerprint density at radius 3 is 2.30 bits per heavy atom. The molecule has 10 heteroatoms. The molecule has 128 valence electrons. The van der Waals surface area contributed by atoms with Crippen LogP contribution < -0.4 is 10.6 Å². The van der Waals surface area contributed by atoms with Crippen LogP contribution in [0.4, 0.5) is 10.5 Å². The van der Waals surface area contributed by atoms with Crippen LogP contribution in [0.1, 0.15) is 0 Å². The number of rotatable bonds is 2. The summed E-state index contributed by atoms with van der Waals surface area (Å²) in [7, 11) is 6.72. The van der Waals surface area contributed by atoms with Crippen molar-refractivity contribution in [3.05, 3.63) is 27.2 Å². The molecule has 0 bridgehead atoms. The van der Waals surface area contributed by atoms with Crippen LogP contribution in [0.5, 0.6) is 0 Å². The van der Waals surface area contributed by atoms with Gasteiger partial charge in [-0.25, -0.2) is 4.79 Å². The molecule has 0 fully saturated rings. The van der Waals surface area contributed by atoms with Crippen LogP contribution in [0.25, 0.3) is 0 Å². The van der Waals surface area contributed by atoms with Crippen molar-refractivity contribution >= 4 is 70.3 Å². The van der Waals surface area contributed by atoms with E-state index < -0.39 is 0 Å². The quantitative estimate of drug-likeness (QED) is 0.342. The Bertz CT molecular complexity index is 583. The van der Waals surface area contributed by atoms with Crippen molar-refractivity contribution in [2.75, 3.05) is 33.6 Å². The third-order valence-corrected chi connectivity index (χ3v) is 3.36. The van der Waals surface area contributed by atoms with Crippen molar-refractivity contribution in [3.8, 4) is 0 Å². The largest absolute Gasteiger partial charge is 0.473 e. The number of halogens is 3. The summed E-state index contributed by atoms with van der Waals surface area (Å²) in [5.74, 6) is 0. The van der Waals surface area contributed by atoms with E-state index >= 15 is 0 Å². The van der Waals surface area contributed by atoms with Gasteiger partial charge in [0, 0.05) is 21.1 Å². The molecule has 0 aliphatic heterocycles. The van der Waals surface area contributed by atoms with Gasteiger partial charge in [0.1, 0.15) is 0 Å². The van der Waals surface area contributed by atoms with Crippen molar-refractivity contribution in [2.24, 2.45) is 4.99 Å². The van der Waals surface area contributed by atoms with Gasteiger partial charge in [0.05, 0.1) is 34.2 Å². The summed E-state index contributed by atoms with van der Waals surface area (Å²) in [5, 5.41) is 6.16. The predicted octanol–water partition coefficient (Wildman–Crippen LogP) is 3.91. The summed E-state index contributed by atoms with van der Waals surface area (Å²) < 4.78 is 4.61. The summed E-state index contributed by atoms with van der Waals surface area (Å²) in [4.78, 5) is 16.5. The van der Waals surface area contributed by atoms with Crippen LogP contribution in [-0.4, -0.2) is 50.7 Å². The van der Waals surface area contributed by atoms with Gasteiger partial charge >= 0.3 is 6.03 Å². The third-order valence-electron chi connectivity index (χ3n) is 2.05. The molecule has 0 spiro atoms. The number of amides is 2. The van der Waals surface area contributed by atoms with Gasteiger partial charge in [0.15, 0.2) is 0 Å². The van der Waals surface area contributed by atoms with Crippen LogP contribution in [-0.2, 0) is 4.74 Å². The molecule has 1 rings (SSSR count). The lowest BCUT2D eigenvalue weighted by atomic mass is 10.3. The molecule has 0 atom stereocenters. The topological polar surface area (TPSA) is 66.0 Å². The molecular formula is C13H17Cl3N4O2S. The lowest BCUT2D eigenvalue weighted by Gasteiger charge is -2.07. The van der Waals surface area contributed by atoms with Gasteiger partial charge in [-0.3, -0.25) is 0 Å². The van der Waals surface area contributed by atoms with Crippen molar-refractivity contribution in [1.82, 2.24) is 10.2 Å². The van der Waals surface area contributed by atoms with E-state index in [1.54, 1.807) is 11.2 Å². The fourth-order valence-corrected chi connectivity index (χ4v) is 1.66. The minimum atomic E-state index is -0.370. The van der Waals surface area contributed by atoms with Gasteiger partial charge in [-0.1, -0.05) is 34.8 Å². The molecule has 0 radical (unpaired) electrons. The molecule has 0 aromatic heterocycles. The number of nitrogens with one attached hydrogen (secondary N) is 2. The van der Waals surface area contributed by atoms with Crippen molar-refractivity contribution in [3.63, 3.8) is 0 Å². The molecule has 0 aliphatic carbocycles. The number of aliphatic imine (C=N–C) groups is 1. The minimum Gasteiger partial charge on any atom is -0.473 e. The van der Waals surface area contributed by atoms with Gasteiger partial charge < -0.3 is 20.3 Å². The van der Waals surface area contributed by atoms with E-state index in [-0.39, 0.29) is 11.2 Å². The highest BCUT2D eigenvalue weighted by Crippen LogP contribution is 2.32. The summed E-state index contributed by atoms with van der Waals surface area (Å²) >= 11 is 21.9. The molecule has 0 unspecified atom stereocenters. The van der Waals surface area contributed by atoms with E-state index in [0.717, 1.165) is 0 Å². The lowest BCUT2D eigenvalue weighted by Crippen LogP contribution is -2.24. The van der Waals surface area contributed by atoms with Crippen LogP contribution in [0.2, 0.25) is 15.1 Å². The Kier molecular flexibility index (Phi) is 10.7. The fourth-order valence-electron chi connectivity index (χ4n) is 1.02. The fraction of sp³-hybridized carbons (Fsp3) is 0.308. The standard InChI is InChI=1S/C8H7Cl3N2O.C5H10N2OS/c1-12-8(14)13-7-3-5(10)4(9)2-6(7)11;1-7(2)4-6-5(9)8-3/h2-3H,1H3,(H2,12,13,14);4H,1-3H3. The van der Waals surface area contributed by atoms with E-state index in [4.69, 9.17) is 34.8 Å². The average molecular weight is 400 g/mol. The Morgan fingerprint density at radius 1 is 1.26 bits per heavy atom. The maximum atomic E-state index is 11.0. The van der Waals surface area contributed by atoms with Crippen LogP contribution in [0.15, 0.2) is 17.1 Å². The maximum absolute atomic E-state index is 11.0. The molecule has 0 saturated heterocycles. The van der Waals surface area contributed by atoms with Gasteiger partial charge in [0.25, 0.3) is 5.17 Å². The monoisotopic (exact) mass is 398 g/mol. The first kappa shape index (κ1) is 21.7. The number of thiocarbonyl (C=S) groups is 1. The molecule has 2 N–H and O–H groups in total. The van der Waals surface area contributed by atoms with Gasteiger partial charge in [-0.15, -0.1) is 0 Å². The van der Waals surface area contributed by atoms with Gasteiger partial charge in [0.2, 0.25) is 0 Å². The van der Waals surface area contributed by atoms with Crippen molar-refractivity contribution < 1.29 is 9.53 Å². The second-order valence-corrected chi connectivity index (χ2v) is 5.70. The highest BCUT2D eigenvalue weighted by atomic mass is 35.5. The van der Waals surface area contributed by atoms with Crippen LogP contribution >= 0.6 is 47.0 Å². The zero-order valence-electron chi connectivity index (χ0n) is 13.0. The zero-order chi connectivity index (χ0) is 18.0. The van der Waals surface area contributed by atoms with Crippen molar-refractivity contribution in [1.29, 1.82) is 0 Å². The van der Waals surface area contributed by atoms with E-state index in [2.05, 4.69) is 32.6 Å².